The van der Waals surface area contributed by atoms with Crippen molar-refractivity contribution in [2.75, 3.05) is 6.79 Å². The van der Waals surface area contributed by atoms with E-state index >= 15 is 0 Å². The fourth-order valence-electron chi connectivity index (χ4n) is 3.35. The van der Waals surface area contributed by atoms with Crippen LogP contribution in [0.2, 0.25) is 0 Å². The molecule has 2 aromatic carbocycles. The normalized spacial score (nSPS) is 12.6. The number of thiazole rings is 1. The molecule has 8 heteroatoms. The number of ether oxygens (including phenoxy) is 2. The number of hydrogen-bond acceptors (Lipinski definition) is 6. The fourth-order valence-corrected chi connectivity index (χ4v) is 4.28. The Morgan fingerprint density at radius 1 is 1.17 bits per heavy atom. The van der Waals surface area contributed by atoms with Gasteiger partial charge in [0, 0.05) is 6.54 Å². The number of rotatable bonds is 5. The Bertz CT molecular complexity index is 1210. The van der Waals surface area contributed by atoms with E-state index in [4.69, 9.17) is 9.47 Å². The molecule has 1 aliphatic heterocycles. The molecule has 0 aliphatic carbocycles. The van der Waals surface area contributed by atoms with Gasteiger partial charge in [-0.15, -0.1) is 0 Å². The van der Waals surface area contributed by atoms with E-state index < -0.39 is 0 Å². The van der Waals surface area contributed by atoms with E-state index in [0.29, 0.717) is 18.0 Å². The summed E-state index contributed by atoms with van der Waals surface area (Å²) in [5, 5.41) is 8.27. The van der Waals surface area contributed by atoms with Crippen molar-refractivity contribution >= 4 is 27.5 Å². The van der Waals surface area contributed by atoms with Crippen LogP contribution in [0.3, 0.4) is 0 Å². The lowest BCUT2D eigenvalue weighted by molar-refractivity contribution is 0.0945. The number of carbonyl (C=O) groups excluding carboxylic acids is 1. The molecular weight excluding hydrogens is 400 g/mol. The van der Waals surface area contributed by atoms with Crippen LogP contribution in [0.4, 0.5) is 0 Å². The predicted octanol–water partition coefficient (Wildman–Crippen LogP) is 4.26. The lowest BCUT2D eigenvalue weighted by atomic mass is 10.1. The molecule has 1 aliphatic rings. The maximum absolute atomic E-state index is 12.8. The van der Waals surface area contributed by atoms with Crippen LogP contribution < -0.4 is 14.8 Å². The van der Waals surface area contributed by atoms with Crippen LogP contribution in [0, 0.1) is 0 Å². The Labute approximate surface area is 177 Å². The van der Waals surface area contributed by atoms with Crippen molar-refractivity contribution in [3.63, 3.8) is 0 Å². The molecule has 0 bridgehead atoms. The van der Waals surface area contributed by atoms with Gasteiger partial charge in [-0.25, -0.2) is 9.67 Å². The molecule has 0 fully saturated rings. The number of benzene rings is 2. The summed E-state index contributed by atoms with van der Waals surface area (Å²) < 4.78 is 13.6. The molecule has 2 aromatic heterocycles. The van der Waals surface area contributed by atoms with Crippen molar-refractivity contribution in [3.05, 3.63) is 65.5 Å². The third-order valence-electron chi connectivity index (χ3n) is 4.91. The van der Waals surface area contributed by atoms with E-state index in [9.17, 15) is 4.79 Å². The maximum Gasteiger partial charge on any atom is 0.272 e. The first-order valence-corrected chi connectivity index (χ1v) is 10.5. The highest BCUT2D eigenvalue weighted by Crippen LogP contribution is 2.32. The van der Waals surface area contributed by atoms with Gasteiger partial charge in [-0.2, -0.15) is 5.10 Å². The van der Waals surface area contributed by atoms with Gasteiger partial charge in [-0.1, -0.05) is 43.4 Å². The van der Waals surface area contributed by atoms with Gasteiger partial charge in [0.1, 0.15) is 0 Å². The summed E-state index contributed by atoms with van der Waals surface area (Å²) >= 11 is 1.56. The van der Waals surface area contributed by atoms with Crippen LogP contribution in [0.25, 0.3) is 15.3 Å². The molecule has 7 nitrogen and oxygen atoms in total. The molecule has 1 amide bonds. The van der Waals surface area contributed by atoms with Gasteiger partial charge >= 0.3 is 0 Å². The van der Waals surface area contributed by atoms with E-state index in [-0.39, 0.29) is 18.6 Å². The lowest BCUT2D eigenvalue weighted by Crippen LogP contribution is -2.23. The molecule has 4 aromatic rings. The summed E-state index contributed by atoms with van der Waals surface area (Å²) in [5.41, 5.74) is 3.18. The molecule has 0 unspecified atom stereocenters. The first-order valence-electron chi connectivity index (χ1n) is 9.71. The summed E-state index contributed by atoms with van der Waals surface area (Å²) in [7, 11) is 0. The van der Waals surface area contributed by atoms with E-state index in [1.165, 1.54) is 0 Å². The topological polar surface area (TPSA) is 78.3 Å². The highest BCUT2D eigenvalue weighted by molar-refractivity contribution is 7.20. The summed E-state index contributed by atoms with van der Waals surface area (Å²) in [4.78, 5) is 17.5. The summed E-state index contributed by atoms with van der Waals surface area (Å²) in [6.07, 6.45) is 0. The first kappa shape index (κ1) is 18.6. The molecule has 0 saturated carbocycles. The van der Waals surface area contributed by atoms with Crippen LogP contribution >= 0.6 is 11.3 Å². The monoisotopic (exact) mass is 420 g/mol. The van der Waals surface area contributed by atoms with Crippen molar-refractivity contribution in [2.45, 2.75) is 26.3 Å². The second-order valence-corrected chi connectivity index (χ2v) is 8.36. The summed E-state index contributed by atoms with van der Waals surface area (Å²) in [6.45, 7) is 4.76. The van der Waals surface area contributed by atoms with Gasteiger partial charge in [0.2, 0.25) is 11.9 Å². The molecule has 5 rings (SSSR count). The van der Waals surface area contributed by atoms with Crippen LogP contribution in [0.15, 0.2) is 48.5 Å². The fraction of sp³-hybridized carbons (Fsp3) is 0.227. The van der Waals surface area contributed by atoms with E-state index in [0.717, 1.165) is 32.4 Å². The number of nitrogens with one attached hydrogen (secondary N) is 1. The highest BCUT2D eigenvalue weighted by Gasteiger charge is 2.20. The number of amides is 1. The molecule has 0 radical (unpaired) electrons. The molecule has 1 N–H and O–H groups in total. The van der Waals surface area contributed by atoms with E-state index in [1.54, 1.807) is 16.0 Å². The minimum absolute atomic E-state index is 0.194. The van der Waals surface area contributed by atoms with Gasteiger partial charge in [0.05, 0.1) is 15.9 Å². The maximum atomic E-state index is 12.8. The molecule has 0 saturated heterocycles. The molecule has 3 heterocycles. The third kappa shape index (κ3) is 3.39. The Kier molecular flexibility index (Phi) is 4.63. The second-order valence-electron chi connectivity index (χ2n) is 7.36. The second kappa shape index (κ2) is 7.46. The third-order valence-corrected chi connectivity index (χ3v) is 5.93. The molecule has 30 heavy (non-hydrogen) atoms. The smallest absolute Gasteiger partial charge is 0.272 e. The number of nitrogens with zero attached hydrogens (tertiary/aromatic N) is 3. The van der Waals surface area contributed by atoms with Crippen molar-refractivity contribution in [1.29, 1.82) is 0 Å². The number of hydrogen-bond donors (Lipinski definition) is 1. The van der Waals surface area contributed by atoms with Crippen molar-refractivity contribution in [3.8, 4) is 16.6 Å². The molecule has 0 atom stereocenters. The Morgan fingerprint density at radius 3 is 2.83 bits per heavy atom. The Hall–Kier alpha value is -3.39. The van der Waals surface area contributed by atoms with Crippen LogP contribution in [-0.2, 0) is 6.54 Å². The zero-order chi connectivity index (χ0) is 20.7. The van der Waals surface area contributed by atoms with Gasteiger partial charge < -0.3 is 14.8 Å². The Morgan fingerprint density at radius 2 is 2.00 bits per heavy atom. The van der Waals surface area contributed by atoms with Gasteiger partial charge in [0.25, 0.3) is 5.91 Å². The van der Waals surface area contributed by atoms with Crippen molar-refractivity contribution in [2.24, 2.45) is 0 Å². The zero-order valence-electron chi connectivity index (χ0n) is 16.6. The standard InChI is InChI=1S/C22H20N4O3S/c1-13(2)17-10-16(25-26(17)22-24-15-5-3-4-6-20(15)30-22)21(27)23-11-14-7-8-18-19(9-14)29-12-28-18/h3-10,13H,11-12H2,1-2H3,(H,23,27). The minimum atomic E-state index is -0.227. The van der Waals surface area contributed by atoms with Gasteiger partial charge in [-0.3, -0.25) is 4.79 Å². The minimum Gasteiger partial charge on any atom is -0.454 e. The number of aromatic nitrogens is 3. The van der Waals surface area contributed by atoms with Crippen LogP contribution in [0.5, 0.6) is 11.5 Å². The zero-order valence-corrected chi connectivity index (χ0v) is 17.4. The summed E-state index contributed by atoms with van der Waals surface area (Å²) in [5.74, 6) is 1.39. The van der Waals surface area contributed by atoms with Gasteiger partial charge in [-0.05, 0) is 41.8 Å². The largest absolute Gasteiger partial charge is 0.454 e. The van der Waals surface area contributed by atoms with Crippen LogP contribution in [0.1, 0.15) is 41.5 Å². The van der Waals surface area contributed by atoms with Crippen molar-refractivity contribution in [1.82, 2.24) is 20.1 Å². The van der Waals surface area contributed by atoms with Crippen LogP contribution in [-0.4, -0.2) is 27.5 Å². The highest BCUT2D eigenvalue weighted by atomic mass is 32.1. The molecule has 152 valence electrons. The molecule has 0 spiro atoms. The van der Waals surface area contributed by atoms with Crippen molar-refractivity contribution < 1.29 is 14.3 Å². The average molecular weight is 420 g/mol. The predicted molar refractivity (Wildman–Crippen MR) is 115 cm³/mol. The number of fused-ring (bicyclic) bond motifs is 2. The number of carbonyl (C=O) groups is 1. The molecular formula is C22H20N4O3S. The average Bonchev–Trinajstić information content (AvgIpc) is 3.48. The Balaban J connectivity index is 1.39. The number of para-hydroxylation sites is 1. The quantitative estimate of drug-likeness (QED) is 0.522. The SMILES string of the molecule is CC(C)c1cc(C(=O)NCc2ccc3c(c2)OCO3)nn1-c1nc2ccccc2s1. The lowest BCUT2D eigenvalue weighted by Gasteiger charge is -2.06. The van der Waals surface area contributed by atoms with E-state index in [2.05, 4.69) is 29.2 Å². The first-order chi connectivity index (χ1) is 14.6. The van der Waals surface area contributed by atoms with Gasteiger partial charge in [0.15, 0.2) is 17.2 Å². The van der Waals surface area contributed by atoms with E-state index in [1.807, 2.05) is 48.5 Å². The summed E-state index contributed by atoms with van der Waals surface area (Å²) in [6, 6.07) is 15.4.